The molecule has 1 fully saturated rings. The monoisotopic (exact) mass is 361 g/mol. The number of hydrogen-bond acceptors (Lipinski definition) is 8. The number of ether oxygens (including phenoxy) is 3. The molecule has 0 saturated carbocycles. The first-order valence-corrected chi connectivity index (χ1v) is 8.07. The van der Waals surface area contributed by atoms with Crippen molar-refractivity contribution in [2.75, 3.05) is 50.8 Å². The number of benzene rings is 1. The minimum atomic E-state index is -0.474. The second-order valence-corrected chi connectivity index (χ2v) is 5.44. The summed E-state index contributed by atoms with van der Waals surface area (Å²) in [4.78, 5) is 9.94. The van der Waals surface area contributed by atoms with Crippen molar-refractivity contribution in [3.63, 3.8) is 0 Å². The van der Waals surface area contributed by atoms with Crippen molar-refractivity contribution in [3.05, 3.63) is 35.8 Å². The van der Waals surface area contributed by atoms with Crippen molar-refractivity contribution < 1.29 is 18.6 Å². The molecule has 2 aromatic rings. The second kappa shape index (κ2) is 8.43. The Bertz CT molecular complexity index is 781. The van der Waals surface area contributed by atoms with E-state index in [1.54, 1.807) is 32.6 Å². The summed E-state index contributed by atoms with van der Waals surface area (Å²) in [6.45, 7) is 2.25. The van der Waals surface area contributed by atoms with Crippen LogP contribution >= 0.6 is 0 Å². The van der Waals surface area contributed by atoms with Gasteiger partial charge in [-0.3, -0.25) is 0 Å². The zero-order valence-electron chi connectivity index (χ0n) is 14.6. The predicted molar refractivity (Wildman–Crippen MR) is 95.8 cm³/mol. The Morgan fingerprint density at radius 3 is 2.81 bits per heavy atom. The maximum absolute atomic E-state index is 14.0. The highest BCUT2D eigenvalue weighted by atomic mass is 19.1. The quantitative estimate of drug-likeness (QED) is 0.622. The highest BCUT2D eigenvalue weighted by molar-refractivity contribution is 5.84. The lowest BCUT2D eigenvalue weighted by Gasteiger charge is -2.27. The van der Waals surface area contributed by atoms with E-state index in [1.165, 1.54) is 0 Å². The number of rotatable bonds is 6. The number of nitrogens with one attached hydrogen (secondary N) is 1. The van der Waals surface area contributed by atoms with Crippen molar-refractivity contribution in [3.8, 4) is 11.5 Å². The molecule has 0 amide bonds. The number of methoxy groups -OCH3 is 2. The first-order valence-electron chi connectivity index (χ1n) is 8.07. The molecule has 1 aliphatic heterocycles. The maximum atomic E-state index is 14.0. The summed E-state index contributed by atoms with van der Waals surface area (Å²) in [7, 11) is 3.15. The molecule has 1 aromatic heterocycles. The summed E-state index contributed by atoms with van der Waals surface area (Å²) in [6, 6.07) is 5.37. The molecular formula is C17H20FN5O3. The normalized spacial score (nSPS) is 14.5. The lowest BCUT2D eigenvalue weighted by Crippen LogP contribution is -2.37. The average molecular weight is 361 g/mol. The smallest absolute Gasteiger partial charge is 0.245 e. The second-order valence-electron chi connectivity index (χ2n) is 5.44. The molecule has 2 heterocycles. The summed E-state index contributed by atoms with van der Waals surface area (Å²) in [5.41, 5.74) is 3.46. The van der Waals surface area contributed by atoms with Gasteiger partial charge in [-0.1, -0.05) is 0 Å². The van der Waals surface area contributed by atoms with E-state index in [0.717, 1.165) is 11.8 Å². The Kier molecular flexibility index (Phi) is 5.80. The summed E-state index contributed by atoms with van der Waals surface area (Å²) in [5, 5.41) is 4.11. The van der Waals surface area contributed by atoms with Gasteiger partial charge >= 0.3 is 0 Å². The summed E-state index contributed by atoms with van der Waals surface area (Å²) in [6.07, 6.45) is 2.70. The fraction of sp³-hybridized carbons (Fsp3) is 0.353. The number of nitrogens with zero attached hydrogens (tertiary/aromatic N) is 4. The number of morpholine rings is 1. The molecule has 0 bridgehead atoms. The molecule has 138 valence electrons. The molecular weight excluding hydrogens is 341 g/mol. The largest absolute Gasteiger partial charge is 0.497 e. The van der Waals surface area contributed by atoms with Gasteiger partial charge in [-0.2, -0.15) is 10.1 Å². The highest BCUT2D eigenvalue weighted by Crippen LogP contribution is 2.23. The molecule has 0 radical (unpaired) electrons. The van der Waals surface area contributed by atoms with Gasteiger partial charge in [-0.15, -0.1) is 0 Å². The third-order valence-corrected chi connectivity index (χ3v) is 3.85. The molecule has 0 spiro atoms. The van der Waals surface area contributed by atoms with Crippen LogP contribution < -0.4 is 19.8 Å². The van der Waals surface area contributed by atoms with E-state index in [9.17, 15) is 4.39 Å². The third-order valence-electron chi connectivity index (χ3n) is 3.85. The van der Waals surface area contributed by atoms with E-state index in [0.29, 0.717) is 37.8 Å². The van der Waals surface area contributed by atoms with Crippen LogP contribution in [0.5, 0.6) is 11.5 Å². The Morgan fingerprint density at radius 2 is 2.08 bits per heavy atom. The molecule has 0 aliphatic carbocycles. The molecule has 9 heteroatoms. The molecule has 26 heavy (non-hydrogen) atoms. The van der Waals surface area contributed by atoms with Crippen LogP contribution in [0.3, 0.4) is 0 Å². The molecule has 0 unspecified atom stereocenters. The molecule has 0 atom stereocenters. The highest BCUT2D eigenvalue weighted by Gasteiger charge is 2.17. The van der Waals surface area contributed by atoms with Gasteiger partial charge in [0.15, 0.2) is 11.6 Å². The van der Waals surface area contributed by atoms with E-state index in [1.807, 2.05) is 11.0 Å². The fourth-order valence-electron chi connectivity index (χ4n) is 2.49. The molecule has 1 saturated heterocycles. The van der Waals surface area contributed by atoms with Gasteiger partial charge in [0.05, 0.1) is 39.8 Å². The Balaban J connectivity index is 1.72. The van der Waals surface area contributed by atoms with Crippen molar-refractivity contribution in [2.45, 2.75) is 0 Å². The predicted octanol–water partition coefficient (Wildman–Crippen LogP) is 1.92. The minimum absolute atomic E-state index is 0.205. The van der Waals surface area contributed by atoms with Crippen LogP contribution in [0.1, 0.15) is 5.56 Å². The zero-order valence-corrected chi connectivity index (χ0v) is 14.6. The van der Waals surface area contributed by atoms with Gasteiger partial charge in [0, 0.05) is 24.7 Å². The number of anilines is 2. The van der Waals surface area contributed by atoms with Crippen LogP contribution in [0.15, 0.2) is 29.5 Å². The van der Waals surface area contributed by atoms with E-state index in [2.05, 4.69) is 20.5 Å². The van der Waals surface area contributed by atoms with Crippen molar-refractivity contribution in [2.24, 2.45) is 5.10 Å². The van der Waals surface area contributed by atoms with Crippen molar-refractivity contribution in [1.29, 1.82) is 0 Å². The van der Waals surface area contributed by atoms with E-state index in [-0.39, 0.29) is 11.8 Å². The average Bonchev–Trinajstić information content (AvgIpc) is 2.70. The molecule has 3 rings (SSSR count). The molecule has 1 aromatic carbocycles. The van der Waals surface area contributed by atoms with Crippen LogP contribution in [0.25, 0.3) is 0 Å². The maximum Gasteiger partial charge on any atom is 0.245 e. The minimum Gasteiger partial charge on any atom is -0.497 e. The van der Waals surface area contributed by atoms with Gasteiger partial charge < -0.3 is 19.1 Å². The van der Waals surface area contributed by atoms with Gasteiger partial charge in [0.25, 0.3) is 0 Å². The van der Waals surface area contributed by atoms with Crippen LogP contribution in [-0.4, -0.2) is 56.7 Å². The number of halogens is 1. The number of aromatic nitrogens is 2. The van der Waals surface area contributed by atoms with Gasteiger partial charge in [-0.25, -0.2) is 14.8 Å². The zero-order chi connectivity index (χ0) is 18.4. The summed E-state index contributed by atoms with van der Waals surface area (Å²) >= 11 is 0. The SMILES string of the molecule is COc1ccc(C=NNc2ncc(F)c(N3CCOCC3)n2)c(OC)c1. The van der Waals surface area contributed by atoms with Gasteiger partial charge in [0.1, 0.15) is 11.5 Å². The van der Waals surface area contributed by atoms with Crippen LogP contribution in [0.4, 0.5) is 16.2 Å². The Hall–Kier alpha value is -2.94. The lowest BCUT2D eigenvalue weighted by molar-refractivity contribution is 0.122. The van der Waals surface area contributed by atoms with Crippen LogP contribution in [0, 0.1) is 5.82 Å². The van der Waals surface area contributed by atoms with E-state index in [4.69, 9.17) is 14.2 Å². The number of hydrazone groups is 1. The molecule has 8 nitrogen and oxygen atoms in total. The summed E-state index contributed by atoms with van der Waals surface area (Å²) < 4.78 is 29.8. The topological polar surface area (TPSA) is 81.1 Å². The number of hydrogen-bond donors (Lipinski definition) is 1. The van der Waals surface area contributed by atoms with E-state index < -0.39 is 5.82 Å². The molecule has 1 N–H and O–H groups in total. The Labute approximate surface area is 150 Å². The van der Waals surface area contributed by atoms with E-state index >= 15 is 0 Å². The summed E-state index contributed by atoms with van der Waals surface area (Å²) in [5.74, 6) is 1.27. The van der Waals surface area contributed by atoms with Crippen molar-refractivity contribution >= 4 is 18.0 Å². The first kappa shape index (κ1) is 17.9. The molecule has 1 aliphatic rings. The lowest BCUT2D eigenvalue weighted by atomic mass is 10.2. The van der Waals surface area contributed by atoms with Crippen LogP contribution in [-0.2, 0) is 4.74 Å². The third kappa shape index (κ3) is 4.17. The Morgan fingerprint density at radius 1 is 1.27 bits per heavy atom. The van der Waals surface area contributed by atoms with Gasteiger partial charge in [0.2, 0.25) is 5.95 Å². The van der Waals surface area contributed by atoms with Crippen molar-refractivity contribution in [1.82, 2.24) is 9.97 Å². The van der Waals surface area contributed by atoms with Gasteiger partial charge in [-0.05, 0) is 12.1 Å². The standard InChI is InChI=1S/C17H20FN5O3/c1-24-13-4-3-12(15(9-13)25-2)10-20-22-17-19-11-14(18)16(21-17)23-5-7-26-8-6-23/h3-4,9-11H,5-8H2,1-2H3,(H,19,21,22). The fourth-order valence-corrected chi connectivity index (χ4v) is 2.49. The first-order chi connectivity index (χ1) is 12.7. The van der Waals surface area contributed by atoms with Crippen LogP contribution in [0.2, 0.25) is 0 Å².